The molecule has 0 aliphatic carbocycles. The van der Waals surface area contributed by atoms with Crippen LogP contribution < -0.4 is 11.1 Å². The van der Waals surface area contributed by atoms with Crippen LogP contribution in [-0.2, 0) is 9.47 Å². The molecule has 2 aliphatic rings. The van der Waals surface area contributed by atoms with Gasteiger partial charge in [0.05, 0.1) is 19.3 Å². The molecule has 0 radical (unpaired) electrons. The van der Waals surface area contributed by atoms with E-state index >= 15 is 0 Å². The van der Waals surface area contributed by atoms with Crippen molar-refractivity contribution in [1.82, 2.24) is 10.2 Å². The zero-order valence-electron chi connectivity index (χ0n) is 14.3. The van der Waals surface area contributed by atoms with Gasteiger partial charge in [-0.25, -0.2) is 0 Å². The van der Waals surface area contributed by atoms with Gasteiger partial charge in [0.2, 0.25) is 0 Å². The summed E-state index contributed by atoms with van der Waals surface area (Å²) >= 11 is 0. The summed E-state index contributed by atoms with van der Waals surface area (Å²) in [4.78, 5) is 6.95. The molecule has 6 nitrogen and oxygen atoms in total. The van der Waals surface area contributed by atoms with E-state index in [0.29, 0.717) is 18.1 Å². The van der Waals surface area contributed by atoms with E-state index < -0.39 is 0 Å². The third-order valence-electron chi connectivity index (χ3n) is 4.48. The maximum absolute atomic E-state index is 5.91. The Morgan fingerprint density at radius 3 is 3.00 bits per heavy atom. The van der Waals surface area contributed by atoms with Gasteiger partial charge >= 0.3 is 0 Å². The number of nitrogens with one attached hydrogen (secondary N) is 1. The first-order valence-electron chi connectivity index (χ1n) is 8.76. The van der Waals surface area contributed by atoms with E-state index in [1.165, 1.54) is 25.8 Å². The van der Waals surface area contributed by atoms with Gasteiger partial charge < -0.3 is 20.5 Å². The predicted molar refractivity (Wildman–Crippen MR) is 105 cm³/mol. The fraction of sp³-hybridized carbons (Fsp3) is 0.938. The average molecular weight is 440 g/mol. The Balaban J connectivity index is 0.00000264. The minimum atomic E-state index is 0. The minimum Gasteiger partial charge on any atom is -0.379 e. The molecule has 2 atom stereocenters. The Morgan fingerprint density at radius 2 is 2.26 bits per heavy atom. The van der Waals surface area contributed by atoms with Crippen molar-refractivity contribution in [3.05, 3.63) is 0 Å². The predicted octanol–water partition coefficient (Wildman–Crippen LogP) is 1.58. The van der Waals surface area contributed by atoms with E-state index in [0.717, 1.165) is 52.3 Å². The van der Waals surface area contributed by atoms with Crippen molar-refractivity contribution in [2.24, 2.45) is 10.7 Å². The van der Waals surface area contributed by atoms with E-state index in [2.05, 4.69) is 22.1 Å². The number of nitrogens with two attached hydrogens (primary N) is 1. The minimum absolute atomic E-state index is 0. The van der Waals surface area contributed by atoms with Crippen LogP contribution in [0.15, 0.2) is 4.99 Å². The highest BCUT2D eigenvalue weighted by Gasteiger charge is 2.22. The van der Waals surface area contributed by atoms with Crippen molar-refractivity contribution in [1.29, 1.82) is 0 Å². The van der Waals surface area contributed by atoms with Gasteiger partial charge in [-0.15, -0.1) is 24.0 Å². The number of likely N-dealkylation sites (N-methyl/N-ethyl adjacent to an activating group) is 1. The largest absolute Gasteiger partial charge is 0.379 e. The molecule has 7 heteroatoms. The third kappa shape index (κ3) is 8.00. The van der Waals surface area contributed by atoms with Gasteiger partial charge in [-0.05, 0) is 45.2 Å². The Bertz CT molecular complexity index is 338. The molecule has 136 valence electrons. The van der Waals surface area contributed by atoms with Crippen molar-refractivity contribution in [3.63, 3.8) is 0 Å². The number of hydrogen-bond acceptors (Lipinski definition) is 4. The molecule has 3 N–H and O–H groups in total. The molecule has 23 heavy (non-hydrogen) atoms. The molecule has 2 saturated heterocycles. The van der Waals surface area contributed by atoms with Gasteiger partial charge in [0, 0.05) is 25.8 Å². The van der Waals surface area contributed by atoms with Crippen molar-refractivity contribution in [2.75, 3.05) is 46.0 Å². The summed E-state index contributed by atoms with van der Waals surface area (Å²) in [6.45, 7) is 8.48. The Hall–Kier alpha value is -0.120. The Kier molecular flexibility index (Phi) is 11.2. The van der Waals surface area contributed by atoms with Gasteiger partial charge in [-0.3, -0.25) is 9.89 Å². The van der Waals surface area contributed by atoms with Crippen LogP contribution in [0.1, 0.15) is 39.0 Å². The molecular formula is C16H33IN4O2. The van der Waals surface area contributed by atoms with Crippen LogP contribution in [0, 0.1) is 0 Å². The zero-order valence-corrected chi connectivity index (χ0v) is 16.7. The number of rotatable bonds is 9. The third-order valence-corrected chi connectivity index (χ3v) is 4.48. The average Bonchev–Trinajstić information content (AvgIpc) is 3.19. The number of halogens is 1. The van der Waals surface area contributed by atoms with Crippen molar-refractivity contribution in [2.45, 2.75) is 51.2 Å². The lowest BCUT2D eigenvalue weighted by Crippen LogP contribution is -2.36. The van der Waals surface area contributed by atoms with Crippen LogP contribution in [0.2, 0.25) is 0 Å². The van der Waals surface area contributed by atoms with Gasteiger partial charge in [-0.2, -0.15) is 0 Å². The van der Waals surface area contributed by atoms with Crippen molar-refractivity contribution < 1.29 is 9.47 Å². The van der Waals surface area contributed by atoms with Gasteiger partial charge in [0.1, 0.15) is 0 Å². The highest BCUT2D eigenvalue weighted by Crippen LogP contribution is 2.16. The van der Waals surface area contributed by atoms with Crippen LogP contribution in [0.5, 0.6) is 0 Å². The summed E-state index contributed by atoms with van der Waals surface area (Å²) < 4.78 is 11.1. The van der Waals surface area contributed by atoms with Gasteiger partial charge in [-0.1, -0.05) is 6.92 Å². The molecule has 0 aromatic heterocycles. The second kappa shape index (κ2) is 12.3. The number of likely N-dealkylation sites (tertiary alicyclic amines) is 1. The van der Waals surface area contributed by atoms with Crippen LogP contribution >= 0.6 is 24.0 Å². The van der Waals surface area contributed by atoms with E-state index in [1.54, 1.807) is 0 Å². The summed E-state index contributed by atoms with van der Waals surface area (Å²) in [6.07, 6.45) is 6.07. The lowest BCUT2D eigenvalue weighted by molar-refractivity contribution is 0.0168. The summed E-state index contributed by atoms with van der Waals surface area (Å²) in [5.41, 5.74) is 5.91. The Morgan fingerprint density at radius 1 is 1.39 bits per heavy atom. The number of aliphatic imine (C=N–C) groups is 1. The summed E-state index contributed by atoms with van der Waals surface area (Å²) in [5.74, 6) is 0.557. The maximum atomic E-state index is 5.91. The standard InChI is InChI=1S/C16H32N4O2.HI/c1-2-20-9-3-6-14(20)12-19-16(17)18-8-5-10-21-13-15-7-4-11-22-15;/h14-15H,2-13H2,1H3,(H3,17,18,19);1H. The normalized spacial score (nSPS) is 25.5. The van der Waals surface area contributed by atoms with E-state index in [-0.39, 0.29) is 24.0 Å². The molecule has 0 spiro atoms. The van der Waals surface area contributed by atoms with Crippen LogP contribution in [0.3, 0.4) is 0 Å². The first kappa shape index (κ1) is 20.9. The highest BCUT2D eigenvalue weighted by molar-refractivity contribution is 14.0. The molecule has 0 bridgehead atoms. The number of nitrogens with zero attached hydrogens (tertiary/aromatic N) is 2. The van der Waals surface area contributed by atoms with E-state index in [9.17, 15) is 0 Å². The SMILES string of the molecule is CCN1CCCC1CN=C(N)NCCCOCC1CCCO1.I. The fourth-order valence-corrected chi connectivity index (χ4v) is 3.16. The number of ether oxygens (including phenoxy) is 2. The molecule has 0 aromatic rings. The molecule has 2 aliphatic heterocycles. The van der Waals surface area contributed by atoms with E-state index in [1.807, 2.05) is 0 Å². The van der Waals surface area contributed by atoms with Crippen LogP contribution in [-0.4, -0.2) is 69.0 Å². The second-order valence-electron chi connectivity index (χ2n) is 6.14. The van der Waals surface area contributed by atoms with Gasteiger partial charge in [0.25, 0.3) is 0 Å². The molecule has 2 rings (SSSR count). The monoisotopic (exact) mass is 440 g/mol. The van der Waals surface area contributed by atoms with Crippen molar-refractivity contribution >= 4 is 29.9 Å². The van der Waals surface area contributed by atoms with Gasteiger partial charge in [0.15, 0.2) is 5.96 Å². The lowest BCUT2D eigenvalue weighted by atomic mass is 10.2. The number of hydrogen-bond donors (Lipinski definition) is 2. The molecule has 2 fully saturated rings. The molecule has 0 saturated carbocycles. The molecule has 0 aromatic carbocycles. The zero-order chi connectivity index (χ0) is 15.6. The maximum Gasteiger partial charge on any atom is 0.188 e. The molecular weight excluding hydrogens is 407 g/mol. The summed E-state index contributed by atoms with van der Waals surface area (Å²) in [5, 5.41) is 3.17. The molecule has 2 unspecified atom stereocenters. The quantitative estimate of drug-likeness (QED) is 0.247. The first-order valence-corrected chi connectivity index (χ1v) is 8.76. The molecule has 0 amide bonds. The second-order valence-corrected chi connectivity index (χ2v) is 6.14. The van der Waals surface area contributed by atoms with Crippen LogP contribution in [0.25, 0.3) is 0 Å². The van der Waals surface area contributed by atoms with Crippen molar-refractivity contribution in [3.8, 4) is 0 Å². The van der Waals surface area contributed by atoms with Crippen LogP contribution in [0.4, 0.5) is 0 Å². The smallest absolute Gasteiger partial charge is 0.188 e. The summed E-state index contributed by atoms with van der Waals surface area (Å²) in [6, 6.07) is 0.570. The van der Waals surface area contributed by atoms with E-state index in [4.69, 9.17) is 15.2 Å². The number of guanidine groups is 1. The first-order chi connectivity index (χ1) is 10.8. The summed E-state index contributed by atoms with van der Waals surface area (Å²) in [7, 11) is 0. The Labute approximate surface area is 157 Å². The molecule has 2 heterocycles. The lowest BCUT2D eigenvalue weighted by Gasteiger charge is -2.20. The topological polar surface area (TPSA) is 72.1 Å². The highest BCUT2D eigenvalue weighted by atomic mass is 127. The fourth-order valence-electron chi connectivity index (χ4n) is 3.16.